The number of aliphatic hydroxyl groups is 1. The minimum atomic E-state index is -0.536. The number of piperazine rings is 1. The zero-order chi connectivity index (χ0) is 25.2. The summed E-state index contributed by atoms with van der Waals surface area (Å²) in [6.45, 7) is 12.0. The number of hydrogen-bond acceptors (Lipinski definition) is 7. The van der Waals surface area contributed by atoms with Gasteiger partial charge < -0.3 is 19.6 Å². The zero-order valence-electron chi connectivity index (χ0n) is 20.2. The van der Waals surface area contributed by atoms with E-state index in [1.165, 1.54) is 0 Å². The minimum absolute atomic E-state index is 0.0290. The number of carbonyl (C=O) groups is 1. The second kappa shape index (κ2) is 11.1. The third-order valence-electron chi connectivity index (χ3n) is 5.43. The number of benzene rings is 1. The minimum Gasteiger partial charge on any atom is -0.444 e. The number of ether oxygens (including phenoxy) is 1. The van der Waals surface area contributed by atoms with E-state index in [4.69, 9.17) is 21.4 Å². The predicted molar refractivity (Wildman–Crippen MR) is 141 cm³/mol. The molecule has 1 amide bonds. The van der Waals surface area contributed by atoms with Crippen molar-refractivity contribution < 1.29 is 14.6 Å². The Bertz CT molecular complexity index is 1120. The lowest BCUT2D eigenvalue weighted by Gasteiger charge is -2.41. The Labute approximate surface area is 217 Å². The van der Waals surface area contributed by atoms with Crippen LogP contribution in [0, 0.1) is 0 Å². The van der Waals surface area contributed by atoms with Crippen LogP contribution in [0.15, 0.2) is 20.2 Å². The van der Waals surface area contributed by atoms with Crippen molar-refractivity contribution >= 4 is 62.1 Å². The topological polar surface area (TPSA) is 87.9 Å². The van der Waals surface area contributed by atoms with Gasteiger partial charge in [-0.2, -0.15) is 4.98 Å². The van der Waals surface area contributed by atoms with Crippen LogP contribution in [0.4, 0.5) is 10.6 Å². The van der Waals surface area contributed by atoms with Gasteiger partial charge in [0.15, 0.2) is 0 Å². The number of hydrogen-bond donors (Lipinski definition) is 1. The summed E-state index contributed by atoms with van der Waals surface area (Å²) >= 11 is 11.8. The first-order valence-electron chi connectivity index (χ1n) is 11.4. The van der Waals surface area contributed by atoms with E-state index in [0.717, 1.165) is 32.4 Å². The number of aromatic nitrogens is 2. The summed E-state index contributed by atoms with van der Waals surface area (Å²) in [6, 6.07) is 1.85. The fraction of sp³-hybridized carbons (Fsp3) is 0.609. The number of thioether (sulfide) groups is 1. The maximum atomic E-state index is 12.8. The molecule has 188 valence electrons. The molecule has 2 aromatic rings. The fourth-order valence-corrected chi connectivity index (χ4v) is 5.88. The molecule has 34 heavy (non-hydrogen) atoms. The van der Waals surface area contributed by atoms with Crippen molar-refractivity contribution in [3.63, 3.8) is 0 Å². The molecule has 1 N–H and O–H groups in total. The molecule has 11 heteroatoms. The molecule has 4 rings (SSSR count). The number of anilines is 1. The van der Waals surface area contributed by atoms with Crippen molar-refractivity contribution in [1.29, 1.82) is 0 Å². The molecule has 1 atom stereocenters. The van der Waals surface area contributed by atoms with Crippen LogP contribution in [-0.2, 0) is 11.3 Å². The summed E-state index contributed by atoms with van der Waals surface area (Å²) in [5.74, 6) is 1.42. The van der Waals surface area contributed by atoms with Gasteiger partial charge in [0.2, 0.25) is 0 Å². The van der Waals surface area contributed by atoms with Gasteiger partial charge in [-0.15, -0.1) is 11.8 Å². The Morgan fingerprint density at radius 2 is 2.03 bits per heavy atom. The Hall–Kier alpha value is -1.49. The van der Waals surface area contributed by atoms with Crippen molar-refractivity contribution in [3.05, 3.63) is 26.0 Å². The molecule has 1 aromatic heterocycles. The highest BCUT2D eigenvalue weighted by Crippen LogP contribution is 2.43. The lowest BCUT2D eigenvalue weighted by Crippen LogP contribution is -2.55. The van der Waals surface area contributed by atoms with Gasteiger partial charge in [0, 0.05) is 54.9 Å². The van der Waals surface area contributed by atoms with Crippen LogP contribution in [-0.4, -0.2) is 69.3 Å². The van der Waals surface area contributed by atoms with Crippen LogP contribution in [0.2, 0.25) is 5.02 Å². The first kappa shape index (κ1) is 27.1. The summed E-state index contributed by atoms with van der Waals surface area (Å²) in [6.07, 6.45) is 0.558. The summed E-state index contributed by atoms with van der Waals surface area (Å²) in [4.78, 5) is 34.5. The molecule has 1 saturated heterocycles. The summed E-state index contributed by atoms with van der Waals surface area (Å²) in [7, 11) is 0. The van der Waals surface area contributed by atoms with E-state index in [1.807, 2.05) is 40.7 Å². The van der Waals surface area contributed by atoms with Crippen LogP contribution in [0.5, 0.6) is 0 Å². The van der Waals surface area contributed by atoms with Crippen molar-refractivity contribution in [2.24, 2.45) is 0 Å². The van der Waals surface area contributed by atoms with E-state index in [1.54, 1.807) is 21.2 Å². The molecule has 2 aliphatic rings. The van der Waals surface area contributed by atoms with Crippen molar-refractivity contribution in [2.75, 3.05) is 36.9 Å². The van der Waals surface area contributed by atoms with Crippen LogP contribution in [0.3, 0.4) is 0 Å². The first-order valence-corrected chi connectivity index (χ1v) is 13.5. The molecule has 0 saturated carbocycles. The lowest BCUT2D eigenvalue weighted by atomic mass is 10.1. The normalized spacial score (nSPS) is 17.9. The third-order valence-corrected chi connectivity index (χ3v) is 8.12. The van der Waals surface area contributed by atoms with E-state index >= 15 is 0 Å². The van der Waals surface area contributed by atoms with Gasteiger partial charge in [0.1, 0.15) is 11.4 Å². The number of rotatable bonds is 2. The van der Waals surface area contributed by atoms with Gasteiger partial charge in [-0.3, -0.25) is 4.57 Å². The van der Waals surface area contributed by atoms with Gasteiger partial charge in [-0.25, -0.2) is 9.59 Å². The number of carbonyl (C=O) groups excluding carboxylic acids is 1. The Morgan fingerprint density at radius 1 is 1.35 bits per heavy atom. The molecule has 1 unspecified atom stereocenters. The van der Waals surface area contributed by atoms with Gasteiger partial charge in [-0.05, 0) is 56.1 Å². The summed E-state index contributed by atoms with van der Waals surface area (Å²) < 4.78 is 8.06. The number of aliphatic hydroxyl groups excluding tert-OH is 1. The highest BCUT2D eigenvalue weighted by atomic mass is 79.9. The van der Waals surface area contributed by atoms with Crippen LogP contribution >= 0.6 is 39.3 Å². The van der Waals surface area contributed by atoms with Crippen molar-refractivity contribution in [1.82, 2.24) is 14.5 Å². The van der Waals surface area contributed by atoms with Crippen molar-refractivity contribution in [3.8, 4) is 0 Å². The van der Waals surface area contributed by atoms with E-state index in [-0.39, 0.29) is 17.8 Å². The highest BCUT2D eigenvalue weighted by molar-refractivity contribution is 9.10. The second-order valence-corrected chi connectivity index (χ2v) is 11.6. The second-order valence-electron chi connectivity index (χ2n) is 9.31. The number of halogens is 2. The Balaban J connectivity index is 0.000000751. The van der Waals surface area contributed by atoms with Gasteiger partial charge in [-0.1, -0.05) is 18.5 Å². The van der Waals surface area contributed by atoms with Crippen LogP contribution in [0.1, 0.15) is 41.0 Å². The smallest absolute Gasteiger partial charge is 0.410 e. The van der Waals surface area contributed by atoms with Gasteiger partial charge in [0.05, 0.1) is 15.0 Å². The van der Waals surface area contributed by atoms with E-state index in [9.17, 15) is 9.59 Å². The Morgan fingerprint density at radius 3 is 2.62 bits per heavy atom. The largest absolute Gasteiger partial charge is 0.444 e. The molecular formula is C23H32BrClN4O4S. The quantitative estimate of drug-likeness (QED) is 0.553. The molecule has 0 bridgehead atoms. The van der Waals surface area contributed by atoms with Gasteiger partial charge in [0.25, 0.3) is 0 Å². The predicted octanol–water partition coefficient (Wildman–Crippen LogP) is 4.75. The maximum Gasteiger partial charge on any atom is 0.410 e. The average Bonchev–Trinajstić information content (AvgIpc) is 2.78. The number of nitrogens with zero attached hydrogens (tertiary/aromatic N) is 4. The first-order chi connectivity index (χ1) is 16.0. The number of amides is 1. The zero-order valence-corrected chi connectivity index (χ0v) is 23.4. The number of aryl methyl sites for hydroxylation is 1. The molecule has 0 radical (unpaired) electrons. The molecular weight excluding hydrogens is 544 g/mol. The van der Waals surface area contributed by atoms with Gasteiger partial charge >= 0.3 is 11.8 Å². The lowest BCUT2D eigenvalue weighted by molar-refractivity contribution is 0.0218. The Kier molecular flexibility index (Phi) is 8.81. The molecule has 0 aliphatic carbocycles. The fourth-order valence-electron chi connectivity index (χ4n) is 3.90. The highest BCUT2D eigenvalue weighted by Gasteiger charge is 2.32. The molecule has 8 nitrogen and oxygen atoms in total. The molecule has 1 fully saturated rings. The molecule has 0 spiro atoms. The monoisotopic (exact) mass is 574 g/mol. The SMILES string of the molecule is CC1CN(C(=O)OC(C)(C)C)CCN1c1nc(=O)n2c3c(c(Br)c(Cl)cc13)SCC2.CCCO. The van der Waals surface area contributed by atoms with Crippen LogP contribution < -0.4 is 10.6 Å². The molecule has 1 aromatic carbocycles. The standard InChI is InChI=1S/C20H24BrClN4O3S.C3H8O/c1-11-10-24(19(28)29-20(2,3)4)5-6-25(11)17-12-9-13(22)14(21)16-15(12)26(7-8-30-16)18(27)23-17;1-2-3-4/h9,11H,5-8,10H2,1-4H3;4H,2-3H2,1H3. The van der Waals surface area contributed by atoms with E-state index in [2.05, 4.69) is 25.8 Å². The molecule has 2 aliphatic heterocycles. The summed E-state index contributed by atoms with van der Waals surface area (Å²) in [5.41, 5.74) is 0.0837. The van der Waals surface area contributed by atoms with E-state index in [0.29, 0.717) is 43.6 Å². The summed E-state index contributed by atoms with van der Waals surface area (Å²) in [5, 5.41) is 9.34. The maximum absolute atomic E-state index is 12.8. The van der Waals surface area contributed by atoms with Crippen molar-refractivity contribution in [2.45, 2.75) is 64.1 Å². The molecule has 3 heterocycles. The third kappa shape index (κ3) is 5.83. The van der Waals surface area contributed by atoms with E-state index < -0.39 is 5.60 Å². The van der Waals surface area contributed by atoms with Crippen LogP contribution in [0.25, 0.3) is 10.9 Å². The average molecular weight is 576 g/mol.